The molecule has 1 saturated heterocycles. The molecular weight excluding hydrogens is 501 g/mol. The summed E-state index contributed by atoms with van der Waals surface area (Å²) in [4.78, 5) is 26.2. The molecule has 0 bridgehead atoms. The Hall–Kier alpha value is -3.41. The van der Waals surface area contributed by atoms with Crippen LogP contribution in [0.2, 0.25) is 0 Å². The first-order chi connectivity index (χ1) is 18.3. The average Bonchev–Trinajstić information content (AvgIpc) is 3.25. The SMILES string of the molecule is CCOC(=O)C1(C)CCC(n2c(Nc3c(F)cc(F)cc3F)nc3cnc(NC4CCOCC4)nc32)CC1. The lowest BCUT2D eigenvalue weighted by molar-refractivity contribution is -0.156. The highest BCUT2D eigenvalue weighted by molar-refractivity contribution is 5.78. The van der Waals surface area contributed by atoms with Crippen molar-refractivity contribution in [3.05, 3.63) is 35.8 Å². The van der Waals surface area contributed by atoms with Crippen molar-refractivity contribution in [1.82, 2.24) is 19.5 Å². The zero-order valence-corrected chi connectivity index (χ0v) is 21.4. The van der Waals surface area contributed by atoms with Crippen molar-refractivity contribution in [1.29, 1.82) is 0 Å². The molecule has 0 spiro atoms. The van der Waals surface area contributed by atoms with E-state index in [9.17, 15) is 18.0 Å². The Morgan fingerprint density at radius 1 is 1.13 bits per heavy atom. The fourth-order valence-corrected chi connectivity index (χ4v) is 5.20. The van der Waals surface area contributed by atoms with Crippen molar-refractivity contribution < 1.29 is 27.4 Å². The number of nitrogens with zero attached hydrogens (tertiary/aromatic N) is 4. The van der Waals surface area contributed by atoms with Gasteiger partial charge in [0, 0.05) is 37.4 Å². The van der Waals surface area contributed by atoms with Gasteiger partial charge in [-0.2, -0.15) is 4.98 Å². The molecule has 2 aliphatic rings. The van der Waals surface area contributed by atoms with Gasteiger partial charge in [0.05, 0.1) is 18.2 Å². The largest absolute Gasteiger partial charge is 0.466 e. The van der Waals surface area contributed by atoms with Crippen LogP contribution in [0.4, 0.5) is 30.8 Å². The van der Waals surface area contributed by atoms with Gasteiger partial charge in [-0.1, -0.05) is 0 Å². The van der Waals surface area contributed by atoms with Crippen molar-refractivity contribution in [2.75, 3.05) is 30.5 Å². The quantitative estimate of drug-likeness (QED) is 0.397. The number of anilines is 3. The Kier molecular flexibility index (Phi) is 7.42. The van der Waals surface area contributed by atoms with Crippen LogP contribution < -0.4 is 10.6 Å². The predicted molar refractivity (Wildman–Crippen MR) is 135 cm³/mol. The molecule has 3 aromatic rings. The van der Waals surface area contributed by atoms with Crippen LogP contribution in [0.5, 0.6) is 0 Å². The van der Waals surface area contributed by atoms with Crippen LogP contribution in [0, 0.1) is 22.9 Å². The number of nitrogens with one attached hydrogen (secondary N) is 2. The van der Waals surface area contributed by atoms with Crippen LogP contribution in [-0.4, -0.2) is 51.4 Å². The minimum Gasteiger partial charge on any atom is -0.466 e. The lowest BCUT2D eigenvalue weighted by Crippen LogP contribution is -2.35. The molecule has 204 valence electrons. The maximum absolute atomic E-state index is 14.5. The Morgan fingerprint density at radius 3 is 2.47 bits per heavy atom. The van der Waals surface area contributed by atoms with Crippen molar-refractivity contribution in [3.63, 3.8) is 0 Å². The maximum atomic E-state index is 14.5. The van der Waals surface area contributed by atoms with Gasteiger partial charge in [0.1, 0.15) is 17.0 Å². The van der Waals surface area contributed by atoms with Crippen LogP contribution >= 0.6 is 0 Å². The van der Waals surface area contributed by atoms with Crippen LogP contribution in [0.15, 0.2) is 18.3 Å². The molecule has 1 aliphatic heterocycles. The molecule has 12 heteroatoms. The highest BCUT2D eigenvalue weighted by Crippen LogP contribution is 2.44. The highest BCUT2D eigenvalue weighted by Gasteiger charge is 2.40. The fraction of sp³-hybridized carbons (Fsp3) is 0.538. The average molecular weight is 533 g/mol. The summed E-state index contributed by atoms with van der Waals surface area (Å²) in [5.41, 5.74) is -0.198. The Balaban J connectivity index is 1.50. The number of ether oxygens (including phenoxy) is 2. The number of halogens is 3. The topological polar surface area (TPSA) is 103 Å². The molecule has 0 radical (unpaired) electrons. The number of fused-ring (bicyclic) bond motifs is 1. The predicted octanol–water partition coefficient (Wildman–Crippen LogP) is 5.26. The number of benzene rings is 1. The van der Waals surface area contributed by atoms with Crippen LogP contribution in [-0.2, 0) is 14.3 Å². The second kappa shape index (κ2) is 10.8. The minimum atomic E-state index is -1.08. The number of hydrogen-bond donors (Lipinski definition) is 2. The standard InChI is InChI=1S/C26H31F3N6O3/c1-3-38-23(36)26(2)8-4-17(5-9-26)35-22-20(14-30-24(34-22)31-16-6-10-37-11-7-16)32-25(35)33-21-18(28)12-15(27)13-19(21)29/h12-14,16-17H,3-11H2,1-2H3,(H,32,33)(H,30,31,34). The maximum Gasteiger partial charge on any atom is 0.311 e. The van der Waals surface area contributed by atoms with E-state index < -0.39 is 28.6 Å². The number of carbonyl (C=O) groups excluding carboxylic acids is 1. The molecule has 5 rings (SSSR count). The molecule has 2 aromatic heterocycles. The third-order valence-electron chi connectivity index (χ3n) is 7.42. The molecule has 0 amide bonds. The molecule has 2 fully saturated rings. The van der Waals surface area contributed by atoms with E-state index in [-0.39, 0.29) is 24.0 Å². The zero-order valence-electron chi connectivity index (χ0n) is 21.4. The van der Waals surface area contributed by atoms with Gasteiger partial charge in [-0.05, 0) is 52.4 Å². The summed E-state index contributed by atoms with van der Waals surface area (Å²) in [5.74, 6) is -2.82. The van der Waals surface area contributed by atoms with E-state index in [1.165, 1.54) is 0 Å². The van der Waals surface area contributed by atoms with Gasteiger partial charge < -0.3 is 20.1 Å². The van der Waals surface area contributed by atoms with Crippen molar-refractivity contribution >= 4 is 34.7 Å². The van der Waals surface area contributed by atoms with Gasteiger partial charge in [0.15, 0.2) is 17.3 Å². The van der Waals surface area contributed by atoms with E-state index in [1.54, 1.807) is 17.7 Å². The minimum absolute atomic E-state index is 0.159. The molecule has 3 heterocycles. The van der Waals surface area contributed by atoms with Gasteiger partial charge in [-0.15, -0.1) is 0 Å². The first-order valence-electron chi connectivity index (χ1n) is 13.0. The van der Waals surface area contributed by atoms with Crippen molar-refractivity contribution in [3.8, 4) is 0 Å². The number of esters is 1. The fourth-order valence-electron chi connectivity index (χ4n) is 5.20. The van der Waals surface area contributed by atoms with E-state index >= 15 is 0 Å². The summed E-state index contributed by atoms with van der Waals surface area (Å²) in [6.45, 7) is 5.30. The monoisotopic (exact) mass is 532 g/mol. The lowest BCUT2D eigenvalue weighted by atomic mass is 9.74. The van der Waals surface area contributed by atoms with E-state index in [1.807, 2.05) is 6.92 Å². The summed E-state index contributed by atoms with van der Waals surface area (Å²) >= 11 is 0. The van der Waals surface area contributed by atoms with Gasteiger partial charge in [-0.25, -0.2) is 23.1 Å². The molecular formula is C26H31F3N6O3. The number of aromatic nitrogens is 4. The molecule has 0 atom stereocenters. The lowest BCUT2D eigenvalue weighted by Gasteiger charge is -2.36. The molecule has 2 N–H and O–H groups in total. The summed E-state index contributed by atoms with van der Waals surface area (Å²) in [6, 6.07) is 1.22. The van der Waals surface area contributed by atoms with E-state index in [4.69, 9.17) is 14.5 Å². The second-order valence-corrected chi connectivity index (χ2v) is 10.1. The van der Waals surface area contributed by atoms with Crippen LogP contribution in [0.25, 0.3) is 11.2 Å². The summed E-state index contributed by atoms with van der Waals surface area (Å²) in [5, 5.41) is 6.07. The first-order valence-corrected chi connectivity index (χ1v) is 13.0. The smallest absolute Gasteiger partial charge is 0.311 e. The summed E-state index contributed by atoms with van der Waals surface area (Å²) in [6.07, 6.45) is 5.53. The highest BCUT2D eigenvalue weighted by atomic mass is 19.1. The number of hydrogen-bond acceptors (Lipinski definition) is 8. The van der Waals surface area contributed by atoms with E-state index in [2.05, 4.69) is 20.6 Å². The van der Waals surface area contributed by atoms with E-state index in [0.29, 0.717) is 74.7 Å². The molecule has 1 aromatic carbocycles. The summed E-state index contributed by atoms with van der Waals surface area (Å²) in [7, 11) is 0. The van der Waals surface area contributed by atoms with Gasteiger partial charge >= 0.3 is 5.97 Å². The van der Waals surface area contributed by atoms with Crippen LogP contribution in [0.1, 0.15) is 58.4 Å². The normalized spacial score (nSPS) is 22.4. The molecule has 0 unspecified atom stereocenters. The first kappa shape index (κ1) is 26.2. The van der Waals surface area contributed by atoms with Gasteiger partial charge in [0.2, 0.25) is 11.9 Å². The number of rotatable bonds is 7. The third kappa shape index (κ3) is 5.27. The van der Waals surface area contributed by atoms with E-state index in [0.717, 1.165) is 12.8 Å². The third-order valence-corrected chi connectivity index (χ3v) is 7.42. The number of carbonyl (C=O) groups is 1. The zero-order chi connectivity index (χ0) is 26.9. The van der Waals surface area contributed by atoms with Crippen molar-refractivity contribution in [2.24, 2.45) is 5.41 Å². The second-order valence-electron chi connectivity index (χ2n) is 10.1. The Morgan fingerprint density at radius 2 is 1.82 bits per heavy atom. The molecule has 1 saturated carbocycles. The van der Waals surface area contributed by atoms with Gasteiger partial charge in [0.25, 0.3) is 0 Å². The molecule has 1 aliphatic carbocycles. The Bertz CT molecular complexity index is 1300. The summed E-state index contributed by atoms with van der Waals surface area (Å²) < 4.78 is 55.1. The van der Waals surface area contributed by atoms with Crippen molar-refractivity contribution in [2.45, 2.75) is 64.5 Å². The molecule has 38 heavy (non-hydrogen) atoms. The van der Waals surface area contributed by atoms with Crippen LogP contribution in [0.3, 0.4) is 0 Å². The molecule has 9 nitrogen and oxygen atoms in total. The Labute approximate surface area is 218 Å². The van der Waals surface area contributed by atoms with Gasteiger partial charge in [-0.3, -0.25) is 9.36 Å². The number of imidazole rings is 1.